The zero-order chi connectivity index (χ0) is 24.6. The van der Waals surface area contributed by atoms with E-state index in [2.05, 4.69) is 54.9 Å². The molecule has 3 aliphatic rings. The van der Waals surface area contributed by atoms with Gasteiger partial charge in [0.05, 0.1) is 10.9 Å². The van der Waals surface area contributed by atoms with E-state index in [1.54, 1.807) is 11.1 Å². The van der Waals surface area contributed by atoms with Gasteiger partial charge in [-0.25, -0.2) is 4.57 Å². The summed E-state index contributed by atoms with van der Waals surface area (Å²) in [6.45, 7) is 2.37. The highest BCUT2D eigenvalue weighted by Gasteiger charge is 2.27. The third kappa shape index (κ3) is 4.56. The number of hydrogen-bond acceptors (Lipinski definition) is 0. The predicted molar refractivity (Wildman–Crippen MR) is 148 cm³/mol. The van der Waals surface area contributed by atoms with Gasteiger partial charge in [0.1, 0.15) is 8.42 Å². The lowest BCUT2D eigenvalue weighted by atomic mass is 9.76. The molecular formula is C34H44N+. The van der Waals surface area contributed by atoms with Gasteiger partial charge in [0.15, 0.2) is 6.17 Å². The second-order valence-corrected chi connectivity index (χ2v) is 12.0. The molecule has 35 heavy (non-hydrogen) atoms. The first-order valence-electron chi connectivity index (χ1n) is 15.2. The summed E-state index contributed by atoms with van der Waals surface area (Å²) in [6, 6.07) is 14.4. The van der Waals surface area contributed by atoms with Crippen LogP contribution >= 0.6 is 0 Å². The van der Waals surface area contributed by atoms with Gasteiger partial charge in [-0.15, -0.1) is 0 Å². The number of fused-ring (bicyclic) bond motifs is 1. The Labute approximate surface area is 214 Å². The van der Waals surface area contributed by atoms with Crippen molar-refractivity contribution in [3.05, 3.63) is 64.8 Å². The Morgan fingerprint density at radius 2 is 1.29 bits per heavy atom. The number of nitrogens with zero attached hydrogens (tertiary/aromatic N) is 1. The lowest BCUT2D eigenvalue weighted by Crippen LogP contribution is -2.31. The minimum absolute atomic E-state index is 0.614. The molecule has 6 rings (SSSR count). The molecule has 0 unspecified atom stereocenters. The Hall–Kier alpha value is -2.15. The van der Waals surface area contributed by atoms with Crippen molar-refractivity contribution in [2.24, 2.45) is 7.05 Å². The number of pyridine rings is 1. The molecule has 1 aromatic heterocycles. The van der Waals surface area contributed by atoms with Crippen LogP contribution in [0.4, 0.5) is 0 Å². The van der Waals surface area contributed by atoms with Crippen molar-refractivity contribution >= 4 is 10.8 Å². The Bertz CT molecular complexity index is 1240. The Morgan fingerprint density at radius 1 is 0.686 bits per heavy atom. The molecule has 0 saturated heterocycles. The van der Waals surface area contributed by atoms with E-state index in [1.807, 2.05) is 0 Å². The molecule has 0 aliphatic heterocycles. The van der Waals surface area contributed by atoms with Crippen molar-refractivity contribution in [2.45, 2.75) is 115 Å². The van der Waals surface area contributed by atoms with Crippen LogP contribution in [-0.2, 0) is 7.05 Å². The molecule has 0 N–H and O–H groups in total. The molecule has 0 bridgehead atoms. The number of benzene rings is 2. The lowest BCUT2D eigenvalue weighted by molar-refractivity contribution is -0.659. The highest BCUT2D eigenvalue weighted by atomic mass is 14.9. The van der Waals surface area contributed by atoms with E-state index in [4.69, 9.17) is 1.37 Å². The normalized spacial score (nSPS) is 21.0. The fourth-order valence-corrected chi connectivity index (χ4v) is 7.68. The van der Waals surface area contributed by atoms with Crippen LogP contribution in [0.1, 0.15) is 131 Å². The largest absolute Gasteiger partial charge is 0.220 e. The first kappa shape index (κ1) is 22.1. The Morgan fingerprint density at radius 3 is 1.97 bits per heavy atom. The van der Waals surface area contributed by atoms with E-state index in [9.17, 15) is 0 Å². The topological polar surface area (TPSA) is 3.88 Å². The third-order valence-corrected chi connectivity index (χ3v) is 9.75. The molecule has 3 saturated carbocycles. The highest BCUT2D eigenvalue weighted by molar-refractivity contribution is 5.94. The summed E-state index contributed by atoms with van der Waals surface area (Å²) >= 11 is 0. The van der Waals surface area contributed by atoms with Gasteiger partial charge in [0.25, 0.3) is 0 Å². The van der Waals surface area contributed by atoms with Crippen molar-refractivity contribution in [3.8, 4) is 11.3 Å². The van der Waals surface area contributed by atoms with E-state index in [1.165, 1.54) is 123 Å². The molecule has 0 spiro atoms. The second kappa shape index (κ2) is 10.1. The van der Waals surface area contributed by atoms with Crippen LogP contribution in [0.25, 0.3) is 22.0 Å². The van der Waals surface area contributed by atoms with Gasteiger partial charge in [0, 0.05) is 6.07 Å². The van der Waals surface area contributed by atoms with Gasteiger partial charge >= 0.3 is 0 Å². The van der Waals surface area contributed by atoms with Gasteiger partial charge in [-0.2, -0.15) is 0 Å². The third-order valence-electron chi connectivity index (χ3n) is 9.75. The summed E-state index contributed by atoms with van der Waals surface area (Å²) in [7, 11) is 2.11. The summed E-state index contributed by atoms with van der Waals surface area (Å²) in [4.78, 5) is 0. The molecule has 0 amide bonds. The maximum absolute atomic E-state index is 8.90. The van der Waals surface area contributed by atoms with Crippen molar-refractivity contribution in [2.75, 3.05) is 0 Å². The summed E-state index contributed by atoms with van der Waals surface area (Å²) in [5.74, 6) is 2.10. The lowest BCUT2D eigenvalue weighted by Gasteiger charge is -2.28. The van der Waals surface area contributed by atoms with Gasteiger partial charge in [-0.05, 0) is 103 Å². The van der Waals surface area contributed by atoms with Gasteiger partial charge in [0.2, 0.25) is 5.69 Å². The first-order chi connectivity index (χ1) is 17.6. The van der Waals surface area contributed by atoms with E-state index in [0.717, 1.165) is 0 Å². The summed E-state index contributed by atoms with van der Waals surface area (Å²) in [5, 5.41) is 2.56. The summed E-state index contributed by atoms with van der Waals surface area (Å²) in [6.07, 6.45) is 19.6. The molecule has 0 radical (unpaired) electrons. The van der Waals surface area contributed by atoms with E-state index in [0.29, 0.717) is 23.9 Å². The minimum atomic E-state index is 0.614. The highest BCUT2D eigenvalue weighted by Crippen LogP contribution is 2.43. The van der Waals surface area contributed by atoms with Gasteiger partial charge in [-0.1, -0.05) is 69.6 Å². The van der Waals surface area contributed by atoms with Crippen LogP contribution in [-0.4, -0.2) is 0 Å². The molecule has 3 aliphatic carbocycles. The molecule has 3 fully saturated rings. The molecule has 2 aromatic carbocycles. The number of rotatable bonds is 4. The van der Waals surface area contributed by atoms with Crippen LogP contribution in [0.15, 0.2) is 42.6 Å². The smallest absolute Gasteiger partial charge is 0.200 e. The zero-order valence-corrected chi connectivity index (χ0v) is 22.0. The van der Waals surface area contributed by atoms with Crippen molar-refractivity contribution < 1.29 is 5.94 Å². The monoisotopic (exact) mass is 467 g/mol. The van der Waals surface area contributed by atoms with E-state index < -0.39 is 0 Å². The summed E-state index contributed by atoms with van der Waals surface area (Å²) in [5.41, 5.74) is 8.76. The fraction of sp³-hybridized carbons (Fsp3) is 0.559. The van der Waals surface area contributed by atoms with Crippen LogP contribution < -0.4 is 4.57 Å². The minimum Gasteiger partial charge on any atom is -0.200 e. The fourth-order valence-electron chi connectivity index (χ4n) is 7.68. The van der Waals surface area contributed by atoms with Crippen LogP contribution in [0.3, 0.4) is 0 Å². The molecular weight excluding hydrogens is 422 g/mol. The molecule has 1 nitrogen and oxygen atoms in total. The number of aromatic nitrogens is 1. The molecule has 184 valence electrons. The van der Waals surface area contributed by atoms with E-state index in [-0.39, 0.29) is 0 Å². The van der Waals surface area contributed by atoms with Crippen molar-refractivity contribution in [3.63, 3.8) is 0 Å². The predicted octanol–water partition coefficient (Wildman–Crippen LogP) is 9.39. The Balaban J connectivity index is 1.54. The molecule has 3 aromatic rings. The van der Waals surface area contributed by atoms with Crippen molar-refractivity contribution in [1.82, 2.24) is 0 Å². The maximum Gasteiger partial charge on any atom is 0.220 e. The average molecular weight is 468 g/mol. The van der Waals surface area contributed by atoms with Crippen molar-refractivity contribution in [1.29, 1.82) is 0 Å². The number of hydrogen-bond donors (Lipinski definition) is 0. The molecule has 0 atom stereocenters. The average Bonchev–Trinajstić information content (AvgIpc) is 3.46. The quantitative estimate of drug-likeness (QED) is 0.336. The first-order valence-corrected chi connectivity index (χ1v) is 14.7. The molecule has 1 heterocycles. The van der Waals surface area contributed by atoms with Crippen LogP contribution in [0, 0.1) is 6.92 Å². The van der Waals surface area contributed by atoms with Gasteiger partial charge < -0.3 is 0 Å². The summed E-state index contributed by atoms with van der Waals surface area (Å²) < 4.78 is 11.1. The molecule has 1 heteroatoms. The Kier molecular flexibility index (Phi) is 6.36. The maximum atomic E-state index is 8.90. The second-order valence-electron chi connectivity index (χ2n) is 12.0. The van der Waals surface area contributed by atoms with Crippen LogP contribution in [0.2, 0.25) is 0 Å². The van der Waals surface area contributed by atoms with E-state index >= 15 is 0 Å². The standard InChI is InChI=1S/C34H44N/c1-24-32(27-15-7-4-8-16-27)22-30(26-11-5-3-6-12-26)23-33(24)34-31-18-17-28(25-13-9-10-14-25)21-29(31)19-20-35(34)2/h17-23,25-27H,3-16H2,1-2H3/q+1/i20D. The van der Waals surface area contributed by atoms with Gasteiger partial charge in [-0.3, -0.25) is 0 Å². The van der Waals surface area contributed by atoms with Crippen LogP contribution in [0.5, 0.6) is 0 Å². The zero-order valence-electron chi connectivity index (χ0n) is 23.0. The SMILES string of the molecule is [2H]c1cc2cc(C3CCCC3)ccc2c(-c2cc(C3CCCCC3)cc(C3CCCCC3)c2C)[n+]1C.